The van der Waals surface area contributed by atoms with Crippen LogP contribution in [0.2, 0.25) is 0 Å². The minimum atomic E-state index is 0.249. The van der Waals surface area contributed by atoms with Gasteiger partial charge in [0, 0.05) is 5.69 Å². The molecular formula is C9H16N2O. The van der Waals surface area contributed by atoms with Crippen molar-refractivity contribution in [2.75, 3.05) is 26.9 Å². The molecule has 0 aromatic heterocycles. The number of nitrogen functional groups attached to an aromatic ring is 1. The summed E-state index contributed by atoms with van der Waals surface area (Å²) in [5.74, 6) is 0.249. The minimum absolute atomic E-state index is 0.249. The zero-order chi connectivity index (χ0) is 9.56. The Labute approximate surface area is 73.4 Å². The van der Waals surface area contributed by atoms with E-state index in [1.165, 1.54) is 0 Å². The van der Waals surface area contributed by atoms with E-state index in [1.807, 2.05) is 26.0 Å². The third-order valence-corrected chi connectivity index (χ3v) is 0.893. The molecule has 0 aliphatic carbocycles. The molecule has 0 radical (unpaired) electrons. The summed E-state index contributed by atoms with van der Waals surface area (Å²) in [5.41, 5.74) is 5.98. The summed E-state index contributed by atoms with van der Waals surface area (Å²) in [4.78, 5) is 2.00. The molecule has 0 aliphatic heterocycles. The van der Waals surface area contributed by atoms with E-state index in [9.17, 15) is 0 Å². The smallest absolute Gasteiger partial charge is 0.115 e. The molecule has 12 heavy (non-hydrogen) atoms. The van der Waals surface area contributed by atoms with E-state index in [0.717, 1.165) is 0 Å². The van der Waals surface area contributed by atoms with Gasteiger partial charge in [-0.15, -0.1) is 0 Å². The van der Waals surface area contributed by atoms with Crippen LogP contribution < -0.4 is 5.73 Å². The van der Waals surface area contributed by atoms with E-state index < -0.39 is 0 Å². The first-order valence-corrected chi connectivity index (χ1v) is 3.68. The normalized spacial score (nSPS) is 9.00. The van der Waals surface area contributed by atoms with Gasteiger partial charge in [-0.05, 0) is 45.4 Å². The highest BCUT2D eigenvalue weighted by atomic mass is 16.3. The van der Waals surface area contributed by atoms with Crippen LogP contribution in [0.15, 0.2) is 24.3 Å². The Balaban J connectivity index is 0.000000261. The minimum Gasteiger partial charge on any atom is -0.508 e. The lowest BCUT2D eigenvalue weighted by atomic mass is 10.3. The Morgan fingerprint density at radius 3 is 1.67 bits per heavy atom. The monoisotopic (exact) mass is 168 g/mol. The maximum absolute atomic E-state index is 8.70. The third-order valence-electron chi connectivity index (χ3n) is 0.893. The lowest BCUT2D eigenvalue weighted by molar-refractivity contribution is 0.475. The summed E-state index contributed by atoms with van der Waals surface area (Å²) in [7, 11) is 6.00. The fourth-order valence-corrected chi connectivity index (χ4v) is 0.474. The van der Waals surface area contributed by atoms with Crippen molar-refractivity contribution in [1.82, 2.24) is 4.90 Å². The molecule has 0 heterocycles. The van der Waals surface area contributed by atoms with Crippen molar-refractivity contribution >= 4 is 5.69 Å². The Kier molecular flexibility index (Phi) is 4.88. The lowest BCUT2D eigenvalue weighted by Gasteiger charge is -1.90. The number of benzene rings is 1. The number of phenols is 1. The van der Waals surface area contributed by atoms with Gasteiger partial charge in [-0.2, -0.15) is 0 Å². The van der Waals surface area contributed by atoms with Crippen LogP contribution in [0.1, 0.15) is 0 Å². The molecule has 1 aromatic rings. The van der Waals surface area contributed by atoms with Crippen LogP contribution in [-0.4, -0.2) is 31.1 Å². The molecule has 0 fully saturated rings. The van der Waals surface area contributed by atoms with Crippen LogP contribution in [-0.2, 0) is 0 Å². The first-order valence-electron chi connectivity index (χ1n) is 3.68. The van der Waals surface area contributed by atoms with Gasteiger partial charge in [-0.1, -0.05) is 0 Å². The molecule has 3 heteroatoms. The molecule has 0 spiro atoms. The Morgan fingerprint density at radius 1 is 1.08 bits per heavy atom. The highest BCUT2D eigenvalue weighted by Gasteiger charge is 1.82. The van der Waals surface area contributed by atoms with Crippen LogP contribution >= 0.6 is 0 Å². The molecule has 1 aromatic carbocycles. The molecule has 0 amide bonds. The van der Waals surface area contributed by atoms with E-state index in [1.54, 1.807) is 24.3 Å². The molecule has 0 aliphatic rings. The quantitative estimate of drug-likeness (QED) is 0.451. The molecular weight excluding hydrogens is 152 g/mol. The molecule has 0 saturated carbocycles. The number of phenolic OH excluding ortho intramolecular Hbond substituents is 1. The number of aromatic hydroxyl groups is 1. The number of rotatable bonds is 0. The molecule has 0 bridgehead atoms. The van der Waals surface area contributed by atoms with Crippen LogP contribution in [0, 0.1) is 0 Å². The van der Waals surface area contributed by atoms with Gasteiger partial charge in [0.15, 0.2) is 0 Å². The third kappa shape index (κ3) is 6.89. The number of nitrogens with zero attached hydrogens (tertiary/aromatic N) is 1. The predicted molar refractivity (Wildman–Crippen MR) is 52.1 cm³/mol. The fourth-order valence-electron chi connectivity index (χ4n) is 0.474. The summed E-state index contributed by atoms with van der Waals surface area (Å²) in [6.45, 7) is 0. The highest BCUT2D eigenvalue weighted by molar-refractivity contribution is 5.40. The molecule has 0 atom stereocenters. The SMILES string of the molecule is CN(C)C.Nc1ccc(O)cc1. The highest BCUT2D eigenvalue weighted by Crippen LogP contribution is 2.09. The predicted octanol–water partition coefficient (Wildman–Crippen LogP) is 1.15. The zero-order valence-electron chi connectivity index (χ0n) is 7.78. The summed E-state index contributed by atoms with van der Waals surface area (Å²) < 4.78 is 0. The van der Waals surface area contributed by atoms with Crippen molar-refractivity contribution in [3.8, 4) is 5.75 Å². The van der Waals surface area contributed by atoms with Gasteiger partial charge in [0.25, 0.3) is 0 Å². The van der Waals surface area contributed by atoms with E-state index in [-0.39, 0.29) is 5.75 Å². The maximum Gasteiger partial charge on any atom is 0.115 e. The van der Waals surface area contributed by atoms with Gasteiger partial charge in [0.2, 0.25) is 0 Å². The molecule has 3 nitrogen and oxygen atoms in total. The Morgan fingerprint density at radius 2 is 1.42 bits per heavy atom. The van der Waals surface area contributed by atoms with Crippen LogP contribution in [0.4, 0.5) is 5.69 Å². The van der Waals surface area contributed by atoms with Gasteiger partial charge >= 0.3 is 0 Å². The van der Waals surface area contributed by atoms with Gasteiger partial charge in [-0.3, -0.25) is 0 Å². The van der Waals surface area contributed by atoms with Gasteiger partial charge in [-0.25, -0.2) is 0 Å². The van der Waals surface area contributed by atoms with E-state index in [2.05, 4.69) is 0 Å². The topological polar surface area (TPSA) is 49.5 Å². The maximum atomic E-state index is 8.70. The number of anilines is 1. The summed E-state index contributed by atoms with van der Waals surface area (Å²) >= 11 is 0. The lowest BCUT2D eigenvalue weighted by Crippen LogP contribution is -1.99. The summed E-state index contributed by atoms with van der Waals surface area (Å²) in [6, 6.07) is 6.40. The van der Waals surface area contributed by atoms with E-state index >= 15 is 0 Å². The Bertz CT molecular complexity index is 183. The van der Waals surface area contributed by atoms with Crippen molar-refractivity contribution in [3.05, 3.63) is 24.3 Å². The zero-order valence-corrected chi connectivity index (χ0v) is 7.78. The van der Waals surface area contributed by atoms with Gasteiger partial charge < -0.3 is 15.7 Å². The molecule has 3 N–H and O–H groups in total. The van der Waals surface area contributed by atoms with Gasteiger partial charge in [0.05, 0.1) is 0 Å². The van der Waals surface area contributed by atoms with Crippen molar-refractivity contribution < 1.29 is 5.11 Å². The average molecular weight is 168 g/mol. The van der Waals surface area contributed by atoms with Crippen molar-refractivity contribution in [3.63, 3.8) is 0 Å². The van der Waals surface area contributed by atoms with Crippen molar-refractivity contribution in [1.29, 1.82) is 0 Å². The van der Waals surface area contributed by atoms with Crippen LogP contribution in [0.25, 0.3) is 0 Å². The summed E-state index contributed by atoms with van der Waals surface area (Å²) in [6.07, 6.45) is 0. The fraction of sp³-hybridized carbons (Fsp3) is 0.333. The number of hydrogen-bond acceptors (Lipinski definition) is 3. The number of nitrogens with two attached hydrogens (primary N) is 1. The number of hydrogen-bond donors (Lipinski definition) is 2. The van der Waals surface area contributed by atoms with Crippen molar-refractivity contribution in [2.45, 2.75) is 0 Å². The van der Waals surface area contributed by atoms with E-state index in [0.29, 0.717) is 5.69 Å². The molecule has 1 rings (SSSR count). The van der Waals surface area contributed by atoms with E-state index in [4.69, 9.17) is 10.8 Å². The first kappa shape index (κ1) is 10.8. The molecule has 68 valence electrons. The largest absolute Gasteiger partial charge is 0.508 e. The Hall–Kier alpha value is -1.22. The van der Waals surface area contributed by atoms with Crippen LogP contribution in [0.5, 0.6) is 5.75 Å². The van der Waals surface area contributed by atoms with Crippen LogP contribution in [0.3, 0.4) is 0 Å². The second kappa shape index (κ2) is 5.43. The standard InChI is InChI=1S/C6H7NO.C3H9N/c7-5-1-3-6(8)4-2-5;1-4(2)3/h1-4,8H,7H2;1-3H3. The summed E-state index contributed by atoms with van der Waals surface area (Å²) in [5, 5.41) is 8.70. The second-order valence-electron chi connectivity index (χ2n) is 2.93. The first-order chi connectivity index (χ1) is 5.52. The molecule has 0 unspecified atom stereocenters. The second-order valence-corrected chi connectivity index (χ2v) is 2.93. The van der Waals surface area contributed by atoms with Gasteiger partial charge in [0.1, 0.15) is 5.75 Å². The average Bonchev–Trinajstić information content (AvgIpc) is 1.94. The van der Waals surface area contributed by atoms with Crippen molar-refractivity contribution in [2.24, 2.45) is 0 Å². The molecule has 0 saturated heterocycles.